The summed E-state index contributed by atoms with van der Waals surface area (Å²) in [7, 11) is 0. The third kappa shape index (κ3) is 4.22. The molecule has 0 amide bonds. The fraction of sp³-hybridized carbons (Fsp3) is 0.667. The molecule has 0 saturated heterocycles. The van der Waals surface area contributed by atoms with Gasteiger partial charge in [0.1, 0.15) is 0 Å². The first-order valence-electron chi connectivity index (χ1n) is 5.68. The lowest BCUT2D eigenvalue weighted by molar-refractivity contribution is 0.158. The molecule has 0 radical (unpaired) electrons. The van der Waals surface area contributed by atoms with E-state index in [-0.39, 0.29) is 25.3 Å². The second kappa shape index (κ2) is 7.01. The molecule has 0 aromatic carbocycles. The zero-order valence-corrected chi connectivity index (χ0v) is 10.7. The minimum Gasteiger partial charge on any atom is -0.395 e. The molecular weight excluding hydrogens is 222 g/mol. The fourth-order valence-electron chi connectivity index (χ4n) is 1.67. The van der Waals surface area contributed by atoms with Crippen molar-refractivity contribution in [1.29, 1.82) is 0 Å². The van der Waals surface area contributed by atoms with Gasteiger partial charge in [-0.15, -0.1) is 11.3 Å². The maximum Gasteiger partial charge on any atom is 0.0607 e. The van der Waals surface area contributed by atoms with Crippen molar-refractivity contribution in [3.05, 3.63) is 22.4 Å². The summed E-state index contributed by atoms with van der Waals surface area (Å²) in [4.78, 5) is 1.26. The Morgan fingerprint density at radius 3 is 2.44 bits per heavy atom. The molecule has 1 atom stereocenters. The highest BCUT2D eigenvalue weighted by Crippen LogP contribution is 2.25. The van der Waals surface area contributed by atoms with Crippen LogP contribution in [-0.4, -0.2) is 29.5 Å². The summed E-state index contributed by atoms with van der Waals surface area (Å²) < 4.78 is 0. The SMILES string of the molecule is CC(C)C[C@H](NC(CO)CO)c1cccs1. The third-order valence-electron chi connectivity index (χ3n) is 2.47. The lowest BCUT2D eigenvalue weighted by Crippen LogP contribution is -2.38. The van der Waals surface area contributed by atoms with Gasteiger partial charge in [-0.3, -0.25) is 0 Å². The average Bonchev–Trinajstić information content (AvgIpc) is 2.76. The van der Waals surface area contributed by atoms with E-state index in [1.54, 1.807) is 11.3 Å². The fourth-order valence-corrected chi connectivity index (χ4v) is 2.47. The average molecular weight is 243 g/mol. The molecule has 1 heterocycles. The highest BCUT2D eigenvalue weighted by atomic mass is 32.1. The van der Waals surface area contributed by atoms with Gasteiger partial charge in [-0.05, 0) is 23.8 Å². The van der Waals surface area contributed by atoms with Crippen LogP contribution in [0.4, 0.5) is 0 Å². The summed E-state index contributed by atoms with van der Waals surface area (Å²) in [5.41, 5.74) is 0. The minimum atomic E-state index is -0.231. The minimum absolute atomic E-state index is 0.0313. The summed E-state index contributed by atoms with van der Waals surface area (Å²) in [6, 6.07) is 4.12. The normalized spacial score (nSPS) is 13.6. The molecule has 1 aromatic rings. The molecule has 92 valence electrons. The van der Waals surface area contributed by atoms with Crippen molar-refractivity contribution in [2.45, 2.75) is 32.4 Å². The maximum absolute atomic E-state index is 9.09. The van der Waals surface area contributed by atoms with Crippen molar-refractivity contribution in [3.63, 3.8) is 0 Å². The van der Waals surface area contributed by atoms with Crippen LogP contribution in [-0.2, 0) is 0 Å². The van der Waals surface area contributed by atoms with Crippen molar-refractivity contribution >= 4 is 11.3 Å². The molecule has 16 heavy (non-hydrogen) atoms. The summed E-state index contributed by atoms with van der Waals surface area (Å²) in [6.07, 6.45) is 1.01. The number of hydrogen-bond donors (Lipinski definition) is 3. The van der Waals surface area contributed by atoms with Crippen molar-refractivity contribution in [1.82, 2.24) is 5.32 Å². The third-order valence-corrected chi connectivity index (χ3v) is 3.46. The standard InChI is InChI=1S/C12H21NO2S/c1-9(2)6-11(12-4-3-5-16-12)13-10(7-14)8-15/h3-5,9-11,13-15H,6-8H2,1-2H3/t11-/m0/s1. The van der Waals surface area contributed by atoms with Crippen LogP contribution in [0.2, 0.25) is 0 Å². The van der Waals surface area contributed by atoms with E-state index < -0.39 is 0 Å². The number of hydrogen-bond acceptors (Lipinski definition) is 4. The summed E-state index contributed by atoms with van der Waals surface area (Å²) >= 11 is 1.71. The first-order valence-corrected chi connectivity index (χ1v) is 6.56. The van der Waals surface area contributed by atoms with Gasteiger partial charge in [0.15, 0.2) is 0 Å². The van der Waals surface area contributed by atoms with E-state index in [1.807, 2.05) is 6.07 Å². The highest BCUT2D eigenvalue weighted by Gasteiger charge is 2.17. The van der Waals surface area contributed by atoms with Crippen LogP contribution in [0.15, 0.2) is 17.5 Å². The molecule has 0 aliphatic rings. The van der Waals surface area contributed by atoms with E-state index in [0.717, 1.165) is 6.42 Å². The lowest BCUT2D eigenvalue weighted by Gasteiger charge is -2.24. The number of thiophene rings is 1. The zero-order chi connectivity index (χ0) is 12.0. The maximum atomic E-state index is 9.09. The van der Waals surface area contributed by atoms with Gasteiger partial charge < -0.3 is 15.5 Å². The lowest BCUT2D eigenvalue weighted by atomic mass is 10.0. The molecule has 0 bridgehead atoms. The van der Waals surface area contributed by atoms with Gasteiger partial charge in [0.2, 0.25) is 0 Å². The summed E-state index contributed by atoms with van der Waals surface area (Å²) in [6.45, 7) is 4.29. The first kappa shape index (κ1) is 13.6. The van der Waals surface area contributed by atoms with E-state index >= 15 is 0 Å². The smallest absolute Gasteiger partial charge is 0.0607 e. The van der Waals surface area contributed by atoms with Crippen molar-refractivity contribution in [2.75, 3.05) is 13.2 Å². The van der Waals surface area contributed by atoms with Gasteiger partial charge in [0, 0.05) is 10.9 Å². The number of aliphatic hydroxyl groups is 2. The van der Waals surface area contributed by atoms with E-state index in [9.17, 15) is 0 Å². The van der Waals surface area contributed by atoms with Gasteiger partial charge in [0.25, 0.3) is 0 Å². The topological polar surface area (TPSA) is 52.5 Å². The Labute approximate surface area is 101 Å². The van der Waals surface area contributed by atoms with Crippen molar-refractivity contribution < 1.29 is 10.2 Å². The first-order chi connectivity index (χ1) is 7.67. The van der Waals surface area contributed by atoms with E-state index in [1.165, 1.54) is 4.88 Å². The van der Waals surface area contributed by atoms with Crippen LogP contribution in [0, 0.1) is 5.92 Å². The van der Waals surface area contributed by atoms with Crippen LogP contribution >= 0.6 is 11.3 Å². The quantitative estimate of drug-likeness (QED) is 0.684. The molecule has 0 fully saturated rings. The summed E-state index contributed by atoms with van der Waals surface area (Å²) in [5.74, 6) is 0.581. The molecule has 4 heteroatoms. The van der Waals surface area contributed by atoms with Gasteiger partial charge in [-0.2, -0.15) is 0 Å². The van der Waals surface area contributed by atoms with E-state index in [0.29, 0.717) is 5.92 Å². The predicted molar refractivity (Wildman–Crippen MR) is 67.6 cm³/mol. The molecule has 0 aliphatic heterocycles. The van der Waals surface area contributed by atoms with Gasteiger partial charge in [0.05, 0.1) is 19.3 Å². The second-order valence-corrected chi connectivity index (χ2v) is 5.41. The molecule has 1 rings (SSSR count). The Hall–Kier alpha value is -0.420. The van der Waals surface area contributed by atoms with Crippen molar-refractivity contribution in [2.24, 2.45) is 5.92 Å². The molecule has 3 N–H and O–H groups in total. The molecule has 0 saturated carbocycles. The molecule has 1 aromatic heterocycles. The monoisotopic (exact) mass is 243 g/mol. The van der Waals surface area contributed by atoms with E-state index in [2.05, 4.69) is 30.6 Å². The van der Waals surface area contributed by atoms with Crippen LogP contribution in [0.25, 0.3) is 0 Å². The second-order valence-electron chi connectivity index (χ2n) is 4.43. The molecular formula is C12H21NO2S. The van der Waals surface area contributed by atoms with Crippen LogP contribution in [0.3, 0.4) is 0 Å². The van der Waals surface area contributed by atoms with Gasteiger partial charge in [-0.1, -0.05) is 19.9 Å². The molecule has 3 nitrogen and oxygen atoms in total. The number of rotatable bonds is 7. The van der Waals surface area contributed by atoms with Gasteiger partial charge in [-0.25, -0.2) is 0 Å². The Bertz CT molecular complexity index is 271. The summed E-state index contributed by atoms with van der Waals surface area (Å²) in [5, 5.41) is 23.5. The number of aliphatic hydroxyl groups excluding tert-OH is 2. The van der Waals surface area contributed by atoms with Gasteiger partial charge >= 0.3 is 0 Å². The molecule has 0 unspecified atom stereocenters. The van der Waals surface area contributed by atoms with Crippen LogP contribution < -0.4 is 5.32 Å². The van der Waals surface area contributed by atoms with Crippen LogP contribution in [0.5, 0.6) is 0 Å². The van der Waals surface area contributed by atoms with Crippen LogP contribution in [0.1, 0.15) is 31.2 Å². The Morgan fingerprint density at radius 1 is 1.31 bits per heavy atom. The zero-order valence-electron chi connectivity index (χ0n) is 9.89. The molecule has 0 aliphatic carbocycles. The van der Waals surface area contributed by atoms with E-state index in [4.69, 9.17) is 10.2 Å². The van der Waals surface area contributed by atoms with Crippen molar-refractivity contribution in [3.8, 4) is 0 Å². The predicted octanol–water partition coefficient (Wildman–Crippen LogP) is 1.78. The highest BCUT2D eigenvalue weighted by molar-refractivity contribution is 7.10. The Morgan fingerprint density at radius 2 is 2.00 bits per heavy atom. The Balaban J connectivity index is 2.64. The number of nitrogens with one attached hydrogen (secondary N) is 1. The largest absolute Gasteiger partial charge is 0.395 e. The Kier molecular flexibility index (Phi) is 5.98. The molecule has 0 spiro atoms.